The molecule has 0 N–H and O–H groups in total. The molecule has 0 fully saturated rings. The van der Waals surface area contributed by atoms with Gasteiger partial charge in [-0.3, -0.25) is 0 Å². The Balaban J connectivity index is 2.59. The predicted molar refractivity (Wildman–Crippen MR) is 71.3 cm³/mol. The van der Waals surface area contributed by atoms with Crippen LogP contribution in [0.25, 0.3) is 5.69 Å². The lowest BCUT2D eigenvalue weighted by Crippen LogP contribution is -2.23. The molecule has 0 saturated heterocycles. The van der Waals surface area contributed by atoms with Gasteiger partial charge in [0.2, 0.25) is 0 Å². The van der Waals surface area contributed by atoms with Crippen molar-refractivity contribution in [3.63, 3.8) is 0 Å². The average molecular weight is 263 g/mol. The van der Waals surface area contributed by atoms with E-state index < -0.39 is 0 Å². The minimum atomic E-state index is -0.160. The lowest BCUT2D eigenvalue weighted by Gasteiger charge is -2.10. The number of hydrogen-bond acceptors (Lipinski definition) is 4. The molecular weight excluding hydrogens is 246 g/mol. The van der Waals surface area contributed by atoms with Gasteiger partial charge in [-0.2, -0.15) is 5.10 Å². The molecular formula is C13H17N3O3. The van der Waals surface area contributed by atoms with Gasteiger partial charge in [-0.05, 0) is 26.0 Å². The average Bonchev–Trinajstić information content (AvgIpc) is 2.72. The van der Waals surface area contributed by atoms with Crippen molar-refractivity contribution in [2.45, 2.75) is 20.4 Å². The van der Waals surface area contributed by atoms with Gasteiger partial charge in [0.05, 0.1) is 19.9 Å². The third-order valence-electron chi connectivity index (χ3n) is 2.93. The molecule has 0 aliphatic rings. The number of ether oxygens (including phenoxy) is 2. The molecule has 0 aliphatic heterocycles. The van der Waals surface area contributed by atoms with Crippen molar-refractivity contribution >= 4 is 0 Å². The Kier molecular flexibility index (Phi) is 3.59. The molecule has 0 saturated carbocycles. The summed E-state index contributed by atoms with van der Waals surface area (Å²) in [5.74, 6) is 1.84. The van der Waals surface area contributed by atoms with Gasteiger partial charge >= 0.3 is 5.69 Å². The van der Waals surface area contributed by atoms with Crippen LogP contribution in [0.15, 0.2) is 23.0 Å². The van der Waals surface area contributed by atoms with Crippen LogP contribution in [0, 0.1) is 6.92 Å². The minimum absolute atomic E-state index is 0.160. The molecule has 6 nitrogen and oxygen atoms in total. The van der Waals surface area contributed by atoms with E-state index in [0.29, 0.717) is 29.6 Å². The number of rotatable bonds is 4. The first-order chi connectivity index (χ1) is 9.12. The molecule has 1 aromatic heterocycles. The number of aromatic nitrogens is 3. The summed E-state index contributed by atoms with van der Waals surface area (Å²) in [4.78, 5) is 12.2. The third-order valence-corrected chi connectivity index (χ3v) is 2.93. The Morgan fingerprint density at radius 2 is 1.89 bits per heavy atom. The highest BCUT2D eigenvalue weighted by atomic mass is 16.5. The quantitative estimate of drug-likeness (QED) is 0.836. The molecule has 2 aromatic rings. The van der Waals surface area contributed by atoms with Crippen LogP contribution in [0.4, 0.5) is 0 Å². The first-order valence-electron chi connectivity index (χ1n) is 6.01. The van der Waals surface area contributed by atoms with Gasteiger partial charge in [-0.1, -0.05) is 0 Å². The zero-order chi connectivity index (χ0) is 14.0. The summed E-state index contributed by atoms with van der Waals surface area (Å²) in [6, 6.07) is 5.33. The van der Waals surface area contributed by atoms with Crippen LogP contribution in [0.5, 0.6) is 11.5 Å². The summed E-state index contributed by atoms with van der Waals surface area (Å²) >= 11 is 0. The van der Waals surface area contributed by atoms with Crippen molar-refractivity contribution in [1.29, 1.82) is 0 Å². The highest BCUT2D eigenvalue weighted by Crippen LogP contribution is 2.28. The fourth-order valence-electron chi connectivity index (χ4n) is 1.98. The smallest absolute Gasteiger partial charge is 0.350 e. The van der Waals surface area contributed by atoms with E-state index in [2.05, 4.69) is 5.10 Å². The van der Waals surface area contributed by atoms with E-state index in [1.165, 1.54) is 4.68 Å². The fraction of sp³-hybridized carbons (Fsp3) is 0.385. The van der Waals surface area contributed by atoms with Crippen LogP contribution >= 0.6 is 0 Å². The van der Waals surface area contributed by atoms with Crippen LogP contribution in [0.3, 0.4) is 0 Å². The summed E-state index contributed by atoms with van der Waals surface area (Å²) in [5, 5.41) is 4.20. The summed E-state index contributed by atoms with van der Waals surface area (Å²) in [5.41, 5.74) is 0.548. The highest BCUT2D eigenvalue weighted by Gasteiger charge is 2.13. The van der Waals surface area contributed by atoms with Gasteiger partial charge in [0.1, 0.15) is 5.82 Å². The number of hydrogen-bond donors (Lipinski definition) is 0. The molecule has 0 atom stereocenters. The van der Waals surface area contributed by atoms with E-state index in [9.17, 15) is 4.79 Å². The van der Waals surface area contributed by atoms with E-state index >= 15 is 0 Å². The van der Waals surface area contributed by atoms with Crippen LogP contribution in [-0.2, 0) is 6.54 Å². The molecule has 0 amide bonds. The molecule has 0 unspecified atom stereocenters. The normalized spacial score (nSPS) is 10.5. The summed E-state index contributed by atoms with van der Waals surface area (Å²) < 4.78 is 13.4. The lowest BCUT2D eigenvalue weighted by atomic mass is 10.2. The highest BCUT2D eigenvalue weighted by molar-refractivity contribution is 5.49. The second-order valence-corrected chi connectivity index (χ2v) is 4.02. The van der Waals surface area contributed by atoms with E-state index in [4.69, 9.17) is 9.47 Å². The van der Waals surface area contributed by atoms with Gasteiger partial charge in [-0.15, -0.1) is 0 Å². The van der Waals surface area contributed by atoms with Crippen LogP contribution in [0.2, 0.25) is 0 Å². The molecule has 0 bridgehead atoms. The van der Waals surface area contributed by atoms with E-state index in [1.54, 1.807) is 43.9 Å². The fourth-order valence-corrected chi connectivity index (χ4v) is 1.98. The molecule has 0 radical (unpaired) electrons. The van der Waals surface area contributed by atoms with E-state index in [-0.39, 0.29) is 5.69 Å². The second-order valence-electron chi connectivity index (χ2n) is 4.02. The Morgan fingerprint density at radius 3 is 2.42 bits per heavy atom. The maximum atomic E-state index is 12.2. The zero-order valence-corrected chi connectivity index (χ0v) is 11.5. The molecule has 102 valence electrons. The Labute approximate surface area is 111 Å². The first-order valence-corrected chi connectivity index (χ1v) is 6.01. The van der Waals surface area contributed by atoms with Crippen LogP contribution in [-0.4, -0.2) is 28.6 Å². The second kappa shape index (κ2) is 5.17. The van der Waals surface area contributed by atoms with Crippen molar-refractivity contribution in [1.82, 2.24) is 14.3 Å². The van der Waals surface area contributed by atoms with Crippen molar-refractivity contribution in [3.8, 4) is 17.2 Å². The van der Waals surface area contributed by atoms with Crippen molar-refractivity contribution < 1.29 is 9.47 Å². The van der Waals surface area contributed by atoms with Gasteiger partial charge in [0, 0.05) is 12.6 Å². The largest absolute Gasteiger partial charge is 0.493 e. The SMILES string of the molecule is CCn1nc(C)n(-c2ccc(OC)c(OC)c2)c1=O. The van der Waals surface area contributed by atoms with Gasteiger partial charge in [-0.25, -0.2) is 14.0 Å². The van der Waals surface area contributed by atoms with Crippen molar-refractivity contribution in [2.24, 2.45) is 0 Å². The Hall–Kier alpha value is -2.24. The van der Waals surface area contributed by atoms with Gasteiger partial charge in [0.25, 0.3) is 0 Å². The molecule has 1 aromatic carbocycles. The maximum absolute atomic E-state index is 12.2. The number of methoxy groups -OCH3 is 2. The standard InChI is InChI=1S/C13H17N3O3/c1-5-15-13(17)16(9(2)14-15)10-6-7-11(18-3)12(8-10)19-4/h6-8H,5H2,1-4H3. The van der Waals surface area contributed by atoms with E-state index in [1.807, 2.05) is 6.92 Å². The first kappa shape index (κ1) is 13.2. The number of aryl methyl sites for hydroxylation is 2. The van der Waals surface area contributed by atoms with Gasteiger partial charge < -0.3 is 9.47 Å². The summed E-state index contributed by atoms with van der Waals surface area (Å²) in [6.45, 7) is 4.22. The maximum Gasteiger partial charge on any atom is 0.350 e. The lowest BCUT2D eigenvalue weighted by molar-refractivity contribution is 0.355. The molecule has 2 rings (SSSR count). The number of nitrogens with zero attached hydrogens (tertiary/aromatic N) is 3. The van der Waals surface area contributed by atoms with Crippen molar-refractivity contribution in [2.75, 3.05) is 14.2 Å². The molecule has 1 heterocycles. The Morgan fingerprint density at radius 1 is 1.21 bits per heavy atom. The predicted octanol–water partition coefficient (Wildman–Crippen LogP) is 1.38. The summed E-state index contributed by atoms with van der Waals surface area (Å²) in [7, 11) is 3.14. The van der Waals surface area contributed by atoms with Crippen molar-refractivity contribution in [3.05, 3.63) is 34.5 Å². The molecule has 19 heavy (non-hydrogen) atoms. The zero-order valence-electron chi connectivity index (χ0n) is 11.5. The van der Waals surface area contributed by atoms with Gasteiger partial charge in [0.15, 0.2) is 11.5 Å². The Bertz CT molecular complexity index is 643. The molecule has 0 spiro atoms. The molecule has 0 aliphatic carbocycles. The van der Waals surface area contributed by atoms with Crippen LogP contribution in [0.1, 0.15) is 12.7 Å². The monoisotopic (exact) mass is 263 g/mol. The molecule has 6 heteroatoms. The topological polar surface area (TPSA) is 58.3 Å². The third kappa shape index (κ3) is 2.21. The minimum Gasteiger partial charge on any atom is -0.493 e. The number of benzene rings is 1. The van der Waals surface area contributed by atoms with E-state index in [0.717, 1.165) is 0 Å². The summed E-state index contributed by atoms with van der Waals surface area (Å²) in [6.07, 6.45) is 0. The van der Waals surface area contributed by atoms with Crippen LogP contribution < -0.4 is 15.2 Å².